The average molecular weight is 338 g/mol. The highest BCUT2D eigenvalue weighted by Gasteiger charge is 2.22. The van der Waals surface area contributed by atoms with Crippen LogP contribution in [0.3, 0.4) is 0 Å². The number of hydrogen-bond acceptors (Lipinski definition) is 2. The lowest BCUT2D eigenvalue weighted by Crippen LogP contribution is -2.43. The monoisotopic (exact) mass is 337 g/mol. The Balaban J connectivity index is 1.92. The Hall–Kier alpha value is -1.71. The predicted molar refractivity (Wildman–Crippen MR) is 89.6 cm³/mol. The summed E-state index contributed by atoms with van der Waals surface area (Å²) in [4.78, 5) is 12.1. The van der Waals surface area contributed by atoms with Gasteiger partial charge in [0.05, 0.1) is 5.54 Å². The third-order valence-corrected chi connectivity index (χ3v) is 3.71. The number of hydrogen-bond donors (Lipinski definition) is 1. The number of benzene rings is 2. The van der Waals surface area contributed by atoms with E-state index in [1.807, 2.05) is 26.0 Å². The Bertz CT molecular complexity index is 637. The van der Waals surface area contributed by atoms with Crippen molar-refractivity contribution in [2.45, 2.75) is 19.4 Å². The fraction of sp³-hybridized carbons (Fsp3) is 0.235. The van der Waals surface area contributed by atoms with Crippen molar-refractivity contribution in [3.8, 4) is 5.75 Å². The summed E-state index contributed by atoms with van der Waals surface area (Å²) in [5.41, 5.74) is 0.460. The molecule has 0 saturated heterocycles. The fourth-order valence-electron chi connectivity index (χ4n) is 2.00. The quantitative estimate of drug-likeness (QED) is 0.876. The molecular weight excluding hydrogens is 321 g/mol. The van der Waals surface area contributed by atoms with Gasteiger partial charge in [0.15, 0.2) is 6.61 Å². The highest BCUT2D eigenvalue weighted by atomic mass is 35.5. The van der Waals surface area contributed by atoms with Crippen LogP contribution in [0.2, 0.25) is 10.0 Å². The summed E-state index contributed by atoms with van der Waals surface area (Å²) in [6.07, 6.45) is 0. The van der Waals surface area contributed by atoms with Gasteiger partial charge in [0.25, 0.3) is 5.91 Å². The Morgan fingerprint density at radius 3 is 2.05 bits per heavy atom. The second-order valence-electron chi connectivity index (χ2n) is 5.42. The topological polar surface area (TPSA) is 38.3 Å². The summed E-state index contributed by atoms with van der Waals surface area (Å²) in [5.74, 6) is 0.402. The molecule has 0 unspecified atom stereocenters. The molecule has 3 nitrogen and oxygen atoms in total. The van der Waals surface area contributed by atoms with Crippen LogP contribution in [0.1, 0.15) is 19.4 Å². The van der Waals surface area contributed by atoms with Crippen LogP contribution in [0, 0.1) is 0 Å². The minimum Gasteiger partial charge on any atom is -0.484 e. The lowest BCUT2D eigenvalue weighted by molar-refractivity contribution is -0.124. The maximum absolute atomic E-state index is 12.1. The third-order valence-electron chi connectivity index (χ3n) is 3.20. The first-order chi connectivity index (χ1) is 10.4. The van der Waals surface area contributed by atoms with E-state index in [2.05, 4.69) is 5.32 Å². The van der Waals surface area contributed by atoms with Crippen LogP contribution in [-0.4, -0.2) is 12.5 Å². The van der Waals surface area contributed by atoms with Crippen LogP contribution in [0.25, 0.3) is 0 Å². The molecule has 2 rings (SSSR count). The van der Waals surface area contributed by atoms with Gasteiger partial charge in [0.1, 0.15) is 5.75 Å². The van der Waals surface area contributed by atoms with E-state index in [0.29, 0.717) is 15.8 Å². The Morgan fingerprint density at radius 2 is 1.50 bits per heavy atom. The molecule has 22 heavy (non-hydrogen) atoms. The third kappa shape index (κ3) is 4.65. The zero-order chi connectivity index (χ0) is 16.2. The van der Waals surface area contributed by atoms with E-state index in [0.717, 1.165) is 5.56 Å². The molecule has 0 aliphatic rings. The van der Waals surface area contributed by atoms with Crippen molar-refractivity contribution < 1.29 is 9.53 Å². The molecule has 2 aromatic carbocycles. The van der Waals surface area contributed by atoms with Gasteiger partial charge in [-0.3, -0.25) is 4.79 Å². The average Bonchev–Trinajstić information content (AvgIpc) is 2.46. The molecule has 0 bridgehead atoms. The standard InChI is InChI=1S/C17H17Cl2NO2/c1-17(2,12-3-5-13(18)6-4-12)20-16(21)11-22-15-9-7-14(19)8-10-15/h3-10H,11H2,1-2H3,(H,20,21). The molecule has 0 atom stereocenters. The lowest BCUT2D eigenvalue weighted by Gasteiger charge is -2.27. The molecule has 0 aliphatic carbocycles. The zero-order valence-corrected chi connectivity index (χ0v) is 13.9. The summed E-state index contributed by atoms with van der Waals surface area (Å²) in [6.45, 7) is 3.80. The van der Waals surface area contributed by atoms with Crippen molar-refractivity contribution in [1.29, 1.82) is 0 Å². The Labute approximate surface area is 140 Å². The molecular formula is C17H17Cl2NO2. The fourth-order valence-corrected chi connectivity index (χ4v) is 2.26. The molecule has 116 valence electrons. The Morgan fingerprint density at radius 1 is 1.00 bits per heavy atom. The zero-order valence-electron chi connectivity index (χ0n) is 12.4. The van der Waals surface area contributed by atoms with E-state index in [-0.39, 0.29) is 12.5 Å². The van der Waals surface area contributed by atoms with Crippen LogP contribution in [0.4, 0.5) is 0 Å². The van der Waals surface area contributed by atoms with Gasteiger partial charge in [0, 0.05) is 10.0 Å². The number of carbonyl (C=O) groups is 1. The second kappa shape index (κ2) is 7.03. The van der Waals surface area contributed by atoms with Crippen LogP contribution < -0.4 is 10.1 Å². The van der Waals surface area contributed by atoms with Crippen molar-refractivity contribution in [3.63, 3.8) is 0 Å². The molecule has 1 amide bonds. The van der Waals surface area contributed by atoms with Gasteiger partial charge >= 0.3 is 0 Å². The first kappa shape index (κ1) is 16.7. The smallest absolute Gasteiger partial charge is 0.258 e. The second-order valence-corrected chi connectivity index (χ2v) is 6.30. The molecule has 5 heteroatoms. The number of nitrogens with one attached hydrogen (secondary N) is 1. The molecule has 0 spiro atoms. The molecule has 0 aliphatic heterocycles. The predicted octanol–water partition coefficient (Wildman–Crippen LogP) is 4.42. The maximum Gasteiger partial charge on any atom is 0.258 e. The Kier molecular flexibility index (Phi) is 5.33. The summed E-state index contributed by atoms with van der Waals surface area (Å²) in [7, 11) is 0. The van der Waals surface area contributed by atoms with Crippen molar-refractivity contribution >= 4 is 29.1 Å². The number of amides is 1. The van der Waals surface area contributed by atoms with Crippen molar-refractivity contribution in [2.75, 3.05) is 6.61 Å². The van der Waals surface area contributed by atoms with Gasteiger partial charge in [-0.05, 0) is 55.8 Å². The van der Waals surface area contributed by atoms with Crippen LogP contribution in [-0.2, 0) is 10.3 Å². The van der Waals surface area contributed by atoms with Crippen LogP contribution >= 0.6 is 23.2 Å². The van der Waals surface area contributed by atoms with Crippen LogP contribution in [0.5, 0.6) is 5.75 Å². The first-order valence-corrected chi connectivity index (χ1v) is 7.58. The van der Waals surface area contributed by atoms with E-state index < -0.39 is 5.54 Å². The summed E-state index contributed by atoms with van der Waals surface area (Å²) >= 11 is 11.7. The van der Waals surface area contributed by atoms with E-state index in [9.17, 15) is 4.79 Å². The highest BCUT2D eigenvalue weighted by molar-refractivity contribution is 6.30. The first-order valence-electron chi connectivity index (χ1n) is 6.82. The van der Waals surface area contributed by atoms with Gasteiger partial charge in [-0.1, -0.05) is 35.3 Å². The van der Waals surface area contributed by atoms with Gasteiger partial charge in [0.2, 0.25) is 0 Å². The molecule has 0 radical (unpaired) electrons. The summed E-state index contributed by atoms with van der Waals surface area (Å²) in [6, 6.07) is 14.3. The largest absolute Gasteiger partial charge is 0.484 e. The van der Waals surface area contributed by atoms with Crippen molar-refractivity contribution in [1.82, 2.24) is 5.32 Å². The van der Waals surface area contributed by atoms with Gasteiger partial charge in [-0.15, -0.1) is 0 Å². The minimum absolute atomic E-state index is 0.0569. The van der Waals surface area contributed by atoms with E-state index >= 15 is 0 Å². The minimum atomic E-state index is -0.509. The number of carbonyl (C=O) groups excluding carboxylic acids is 1. The summed E-state index contributed by atoms with van der Waals surface area (Å²) in [5, 5.41) is 4.23. The highest BCUT2D eigenvalue weighted by Crippen LogP contribution is 2.22. The maximum atomic E-state index is 12.1. The van der Waals surface area contributed by atoms with E-state index in [1.165, 1.54) is 0 Å². The van der Waals surface area contributed by atoms with Crippen LogP contribution in [0.15, 0.2) is 48.5 Å². The van der Waals surface area contributed by atoms with Gasteiger partial charge in [-0.25, -0.2) is 0 Å². The normalized spacial score (nSPS) is 11.1. The molecule has 0 heterocycles. The number of rotatable bonds is 5. The SMILES string of the molecule is CC(C)(NC(=O)COc1ccc(Cl)cc1)c1ccc(Cl)cc1. The lowest BCUT2D eigenvalue weighted by atomic mass is 9.94. The van der Waals surface area contributed by atoms with Crippen molar-refractivity contribution in [2.24, 2.45) is 0 Å². The van der Waals surface area contributed by atoms with E-state index in [1.54, 1.807) is 36.4 Å². The van der Waals surface area contributed by atoms with Crippen molar-refractivity contribution in [3.05, 3.63) is 64.1 Å². The molecule has 1 N–H and O–H groups in total. The molecule has 0 fully saturated rings. The molecule has 0 aromatic heterocycles. The number of ether oxygens (including phenoxy) is 1. The molecule has 2 aromatic rings. The molecule has 0 saturated carbocycles. The van der Waals surface area contributed by atoms with Gasteiger partial charge < -0.3 is 10.1 Å². The van der Waals surface area contributed by atoms with Gasteiger partial charge in [-0.2, -0.15) is 0 Å². The number of halogens is 2. The van der Waals surface area contributed by atoms with E-state index in [4.69, 9.17) is 27.9 Å². The summed E-state index contributed by atoms with van der Waals surface area (Å²) < 4.78 is 5.43.